The topological polar surface area (TPSA) is 22.0 Å². The summed E-state index contributed by atoms with van der Waals surface area (Å²) in [4.78, 5) is 12.1. The van der Waals surface area contributed by atoms with Gasteiger partial charge in [0.25, 0.3) is 0 Å². The van der Waals surface area contributed by atoms with Gasteiger partial charge in [0.1, 0.15) is 11.6 Å². The van der Waals surface area contributed by atoms with Gasteiger partial charge >= 0.3 is 0 Å². The van der Waals surface area contributed by atoms with E-state index in [1.165, 1.54) is 12.1 Å². The van der Waals surface area contributed by atoms with Crippen LogP contribution < -0.4 is 0 Å². The Morgan fingerprint density at radius 3 is 2.67 bits per heavy atom. The summed E-state index contributed by atoms with van der Waals surface area (Å²) in [5.74, 6) is -1.000. The molecule has 0 atom stereocenters. The van der Waals surface area contributed by atoms with Crippen molar-refractivity contribution < 1.29 is 13.6 Å². The number of hydrogen-bond acceptors (Lipinski definition) is 1. The van der Waals surface area contributed by atoms with Crippen LogP contribution in [0, 0.1) is 17.0 Å². The second-order valence-electron chi connectivity index (χ2n) is 6.48. The Morgan fingerprint density at radius 2 is 1.95 bits per heavy atom. The Hall–Kier alpha value is -1.97. The van der Waals surface area contributed by atoms with Crippen molar-refractivity contribution in [1.29, 1.82) is 0 Å². The van der Waals surface area contributed by atoms with Crippen LogP contribution in [0.1, 0.15) is 41.9 Å². The minimum Gasteiger partial charge on any atom is -0.346 e. The van der Waals surface area contributed by atoms with E-state index in [0.717, 1.165) is 23.7 Å². The third kappa shape index (κ3) is 2.62. The number of benzene rings is 1. The summed E-state index contributed by atoms with van der Waals surface area (Å²) in [5.41, 5.74) is 2.02. The van der Waals surface area contributed by atoms with Gasteiger partial charge in [-0.15, -0.1) is 0 Å². The number of Topliss-reactive ketones (excluding diaryl/α,β-unsaturated/α-hetero) is 1. The number of carbonyl (C=O) groups excluding carboxylic acids is 1. The molecular weight excluding hydrogens is 272 g/mol. The molecule has 0 saturated heterocycles. The molecule has 4 heteroatoms. The van der Waals surface area contributed by atoms with Gasteiger partial charge in [-0.2, -0.15) is 0 Å². The van der Waals surface area contributed by atoms with Crippen molar-refractivity contribution in [2.75, 3.05) is 0 Å². The summed E-state index contributed by atoms with van der Waals surface area (Å²) < 4.78 is 28.6. The predicted octanol–water partition coefficient (Wildman–Crippen LogP) is 3.97. The van der Waals surface area contributed by atoms with E-state index in [1.807, 2.05) is 10.8 Å². The molecule has 1 aliphatic carbocycles. The average Bonchev–Trinajstić information content (AvgIpc) is 2.74. The van der Waals surface area contributed by atoms with Crippen LogP contribution in [0.2, 0.25) is 0 Å². The third-order valence-corrected chi connectivity index (χ3v) is 4.02. The van der Waals surface area contributed by atoms with Crippen molar-refractivity contribution in [3.63, 3.8) is 0 Å². The molecule has 1 heterocycles. The highest BCUT2D eigenvalue weighted by molar-refractivity contribution is 5.98. The van der Waals surface area contributed by atoms with Crippen LogP contribution in [-0.2, 0) is 13.0 Å². The average molecular weight is 289 g/mol. The Kier molecular flexibility index (Phi) is 3.19. The molecule has 2 nitrogen and oxygen atoms in total. The molecule has 0 fully saturated rings. The summed E-state index contributed by atoms with van der Waals surface area (Å²) in [6.07, 6.45) is 3.13. The lowest BCUT2D eigenvalue weighted by molar-refractivity contribution is 0.0910. The number of carbonyl (C=O) groups is 1. The molecule has 2 aromatic rings. The van der Waals surface area contributed by atoms with Crippen LogP contribution in [0.25, 0.3) is 0 Å². The highest BCUT2D eigenvalue weighted by Gasteiger charge is 2.32. The summed E-state index contributed by atoms with van der Waals surface area (Å²) in [7, 11) is 0. The molecule has 1 aromatic heterocycles. The van der Waals surface area contributed by atoms with Crippen molar-refractivity contribution in [1.82, 2.24) is 4.57 Å². The first kappa shape index (κ1) is 14.0. The minimum atomic E-state index is -0.581. The SMILES string of the molecule is CC1(C)CC(=O)c2ccn(Cc3ccc(F)cc3F)c2C1. The second-order valence-corrected chi connectivity index (χ2v) is 6.48. The monoisotopic (exact) mass is 289 g/mol. The Morgan fingerprint density at radius 1 is 1.19 bits per heavy atom. The smallest absolute Gasteiger partial charge is 0.165 e. The van der Waals surface area contributed by atoms with Crippen LogP contribution in [0.5, 0.6) is 0 Å². The van der Waals surface area contributed by atoms with Gasteiger partial charge in [-0.25, -0.2) is 8.78 Å². The molecule has 0 bridgehead atoms. The lowest BCUT2D eigenvalue weighted by atomic mass is 9.76. The molecule has 110 valence electrons. The summed E-state index contributed by atoms with van der Waals surface area (Å²) in [6.45, 7) is 4.43. The Balaban J connectivity index is 1.96. The van der Waals surface area contributed by atoms with E-state index in [4.69, 9.17) is 0 Å². The molecule has 1 aliphatic rings. The Labute approximate surface area is 122 Å². The zero-order valence-corrected chi connectivity index (χ0v) is 12.1. The summed E-state index contributed by atoms with van der Waals surface area (Å²) >= 11 is 0. The van der Waals surface area contributed by atoms with E-state index in [0.29, 0.717) is 18.5 Å². The van der Waals surface area contributed by atoms with Crippen LogP contribution in [0.3, 0.4) is 0 Å². The van der Waals surface area contributed by atoms with E-state index >= 15 is 0 Å². The first-order chi connectivity index (χ1) is 9.85. The highest BCUT2D eigenvalue weighted by Crippen LogP contribution is 2.35. The fourth-order valence-corrected chi connectivity index (χ4v) is 2.98. The maximum absolute atomic E-state index is 13.8. The van der Waals surface area contributed by atoms with Crippen molar-refractivity contribution in [2.45, 2.75) is 33.2 Å². The molecule has 21 heavy (non-hydrogen) atoms. The molecule has 0 N–H and O–H groups in total. The second kappa shape index (κ2) is 4.79. The number of hydrogen-bond donors (Lipinski definition) is 0. The van der Waals surface area contributed by atoms with Gasteiger partial charge in [0.05, 0.1) is 6.54 Å². The van der Waals surface area contributed by atoms with Gasteiger partial charge < -0.3 is 4.57 Å². The molecule has 0 amide bonds. The lowest BCUT2D eigenvalue weighted by Crippen LogP contribution is -2.28. The number of fused-ring (bicyclic) bond motifs is 1. The first-order valence-corrected chi connectivity index (χ1v) is 7.01. The number of ketones is 1. The summed E-state index contributed by atoms with van der Waals surface area (Å²) in [6, 6.07) is 5.39. The van der Waals surface area contributed by atoms with Crippen LogP contribution in [-0.4, -0.2) is 10.4 Å². The number of aromatic nitrogens is 1. The van der Waals surface area contributed by atoms with E-state index in [9.17, 15) is 13.6 Å². The van der Waals surface area contributed by atoms with Crippen molar-refractivity contribution >= 4 is 5.78 Å². The number of nitrogens with zero attached hydrogens (tertiary/aromatic N) is 1. The molecule has 3 rings (SSSR count). The van der Waals surface area contributed by atoms with Crippen LogP contribution >= 0.6 is 0 Å². The van der Waals surface area contributed by atoms with Gasteiger partial charge in [0.15, 0.2) is 5.78 Å². The van der Waals surface area contributed by atoms with Crippen molar-refractivity contribution in [3.05, 3.63) is 58.9 Å². The van der Waals surface area contributed by atoms with Crippen molar-refractivity contribution in [3.8, 4) is 0 Å². The quantitative estimate of drug-likeness (QED) is 0.820. The molecule has 0 saturated carbocycles. The molecule has 0 radical (unpaired) electrons. The molecule has 0 unspecified atom stereocenters. The Bertz CT molecular complexity index is 716. The zero-order valence-electron chi connectivity index (χ0n) is 12.1. The van der Waals surface area contributed by atoms with E-state index in [2.05, 4.69) is 13.8 Å². The summed E-state index contributed by atoms with van der Waals surface area (Å²) in [5, 5.41) is 0. The normalized spacial score (nSPS) is 16.9. The van der Waals surface area contributed by atoms with E-state index in [1.54, 1.807) is 6.07 Å². The minimum absolute atomic E-state index is 0.0818. The number of rotatable bonds is 2. The zero-order chi connectivity index (χ0) is 15.2. The third-order valence-electron chi connectivity index (χ3n) is 4.02. The van der Waals surface area contributed by atoms with Gasteiger partial charge in [0, 0.05) is 35.5 Å². The molecule has 0 aliphatic heterocycles. The van der Waals surface area contributed by atoms with Crippen molar-refractivity contribution in [2.24, 2.45) is 5.41 Å². The number of halogens is 2. The molecule has 0 spiro atoms. The largest absolute Gasteiger partial charge is 0.346 e. The van der Waals surface area contributed by atoms with Gasteiger partial charge in [-0.05, 0) is 24.0 Å². The van der Waals surface area contributed by atoms with Crippen LogP contribution in [0.15, 0.2) is 30.5 Å². The fourth-order valence-electron chi connectivity index (χ4n) is 2.98. The molecule has 1 aromatic carbocycles. The standard InChI is InChI=1S/C17H17F2NO/c1-17(2)8-15-13(16(21)9-17)5-6-20(15)10-11-3-4-12(18)7-14(11)19/h3-7H,8-10H2,1-2H3. The van der Waals surface area contributed by atoms with Crippen LogP contribution in [0.4, 0.5) is 8.78 Å². The van der Waals surface area contributed by atoms with Gasteiger partial charge in [0.2, 0.25) is 0 Å². The van der Waals surface area contributed by atoms with Gasteiger partial charge in [-0.3, -0.25) is 4.79 Å². The fraction of sp³-hybridized carbons (Fsp3) is 0.353. The highest BCUT2D eigenvalue weighted by atomic mass is 19.1. The molecular formula is C17H17F2NO. The first-order valence-electron chi connectivity index (χ1n) is 7.01. The predicted molar refractivity (Wildman–Crippen MR) is 76.3 cm³/mol. The maximum Gasteiger partial charge on any atom is 0.165 e. The van der Waals surface area contributed by atoms with E-state index in [-0.39, 0.29) is 11.2 Å². The van der Waals surface area contributed by atoms with E-state index < -0.39 is 11.6 Å². The van der Waals surface area contributed by atoms with Gasteiger partial charge in [-0.1, -0.05) is 19.9 Å². The maximum atomic E-state index is 13.8. The lowest BCUT2D eigenvalue weighted by Gasteiger charge is -2.29.